The Hall–Kier alpha value is -1.88. The minimum atomic E-state index is 0.772. The quantitative estimate of drug-likeness (QED) is 0.691. The molecule has 0 fully saturated rings. The number of rotatable bonds is 4. The van der Waals surface area contributed by atoms with Crippen molar-refractivity contribution in [2.24, 2.45) is 11.0 Å². The van der Waals surface area contributed by atoms with E-state index in [2.05, 4.69) is 22.4 Å². The Morgan fingerprint density at radius 2 is 2.19 bits per heavy atom. The van der Waals surface area contributed by atoms with Gasteiger partial charge >= 0.3 is 0 Å². The molecule has 1 aliphatic rings. The maximum Gasteiger partial charge on any atom is 0.203 e. The zero-order valence-corrected chi connectivity index (χ0v) is 13.1. The van der Waals surface area contributed by atoms with Crippen LogP contribution < -0.4 is 10.2 Å². The summed E-state index contributed by atoms with van der Waals surface area (Å²) in [6, 6.07) is 7.78. The van der Waals surface area contributed by atoms with Gasteiger partial charge in [-0.3, -0.25) is 5.43 Å². The second-order valence-corrected chi connectivity index (χ2v) is 6.46. The number of fused-ring (bicyclic) bond motifs is 1. The molecule has 1 aromatic heterocycles. The summed E-state index contributed by atoms with van der Waals surface area (Å²) < 4.78 is 5.13. The van der Waals surface area contributed by atoms with Gasteiger partial charge in [0.2, 0.25) is 5.13 Å². The summed E-state index contributed by atoms with van der Waals surface area (Å²) in [4.78, 5) is 6.03. The molecule has 0 saturated carbocycles. The highest BCUT2D eigenvalue weighted by Gasteiger charge is 2.19. The van der Waals surface area contributed by atoms with Crippen molar-refractivity contribution in [3.63, 3.8) is 0 Å². The second-order valence-electron chi connectivity index (χ2n) is 5.38. The Morgan fingerprint density at radius 3 is 2.95 bits per heavy atom. The number of hydrazone groups is 1. The Bertz CT molecular complexity index is 633. The van der Waals surface area contributed by atoms with E-state index in [1.165, 1.54) is 17.0 Å². The van der Waals surface area contributed by atoms with E-state index in [-0.39, 0.29) is 0 Å². The predicted molar refractivity (Wildman–Crippen MR) is 87.5 cm³/mol. The van der Waals surface area contributed by atoms with Crippen molar-refractivity contribution in [2.45, 2.75) is 26.2 Å². The highest BCUT2D eigenvalue weighted by Crippen LogP contribution is 2.31. The number of aryl methyl sites for hydroxylation is 1. The molecule has 0 spiro atoms. The number of hydrogen-bond acceptors (Lipinski definition) is 5. The van der Waals surface area contributed by atoms with Crippen LogP contribution in [0, 0.1) is 5.92 Å². The van der Waals surface area contributed by atoms with Gasteiger partial charge in [-0.15, -0.1) is 11.3 Å². The van der Waals surface area contributed by atoms with Crippen molar-refractivity contribution in [3.05, 3.63) is 40.4 Å². The van der Waals surface area contributed by atoms with Crippen molar-refractivity contribution < 1.29 is 4.74 Å². The normalized spacial score (nSPS) is 17.7. The molecule has 21 heavy (non-hydrogen) atoms. The number of methoxy groups -OCH3 is 1. The van der Waals surface area contributed by atoms with Gasteiger partial charge in [-0.1, -0.05) is 6.92 Å². The molecule has 2 aromatic rings. The van der Waals surface area contributed by atoms with Gasteiger partial charge < -0.3 is 4.74 Å². The van der Waals surface area contributed by atoms with E-state index in [9.17, 15) is 0 Å². The monoisotopic (exact) mass is 301 g/mol. The molecule has 110 valence electrons. The Balaban J connectivity index is 1.63. The largest absolute Gasteiger partial charge is 0.497 e. The molecule has 0 aliphatic heterocycles. The lowest BCUT2D eigenvalue weighted by Gasteiger charge is -2.15. The van der Waals surface area contributed by atoms with Crippen LogP contribution >= 0.6 is 11.3 Å². The van der Waals surface area contributed by atoms with E-state index in [1.54, 1.807) is 24.7 Å². The Labute approximate surface area is 128 Å². The van der Waals surface area contributed by atoms with Crippen molar-refractivity contribution in [3.8, 4) is 5.75 Å². The maximum atomic E-state index is 5.13. The van der Waals surface area contributed by atoms with Gasteiger partial charge in [0, 0.05) is 4.88 Å². The van der Waals surface area contributed by atoms with Crippen molar-refractivity contribution in [1.29, 1.82) is 0 Å². The summed E-state index contributed by atoms with van der Waals surface area (Å²) in [5.74, 6) is 1.62. The average Bonchev–Trinajstić information content (AvgIpc) is 2.89. The van der Waals surface area contributed by atoms with E-state index >= 15 is 0 Å². The molecule has 1 N–H and O–H groups in total. The molecular formula is C16H19N3OS. The van der Waals surface area contributed by atoms with Crippen LogP contribution in [0.15, 0.2) is 29.4 Å². The van der Waals surface area contributed by atoms with Crippen LogP contribution in [0.5, 0.6) is 5.75 Å². The molecule has 1 aromatic carbocycles. The van der Waals surface area contributed by atoms with Gasteiger partial charge in [0.25, 0.3) is 0 Å². The Morgan fingerprint density at radius 1 is 1.38 bits per heavy atom. The molecule has 5 heteroatoms. The minimum absolute atomic E-state index is 0.772. The third-order valence-corrected chi connectivity index (χ3v) is 4.70. The molecule has 0 radical (unpaired) electrons. The molecule has 0 saturated heterocycles. The number of hydrogen-bond donors (Lipinski definition) is 1. The first-order valence-corrected chi connectivity index (χ1v) is 7.98. The zero-order valence-electron chi connectivity index (χ0n) is 12.3. The van der Waals surface area contributed by atoms with Crippen LogP contribution in [0.4, 0.5) is 5.13 Å². The third kappa shape index (κ3) is 3.42. The van der Waals surface area contributed by atoms with Crippen LogP contribution in [-0.4, -0.2) is 18.3 Å². The van der Waals surface area contributed by atoms with Crippen LogP contribution in [-0.2, 0) is 12.8 Å². The first-order valence-electron chi connectivity index (χ1n) is 7.16. The molecule has 1 unspecified atom stereocenters. The van der Waals surface area contributed by atoms with Crippen LogP contribution in [0.3, 0.4) is 0 Å². The number of thiazole rings is 1. The molecule has 0 amide bonds. The van der Waals surface area contributed by atoms with E-state index in [0.717, 1.165) is 35.2 Å². The van der Waals surface area contributed by atoms with E-state index in [1.807, 2.05) is 24.3 Å². The average molecular weight is 301 g/mol. The summed E-state index contributed by atoms with van der Waals surface area (Å²) in [7, 11) is 1.66. The maximum absolute atomic E-state index is 5.13. The number of nitrogens with one attached hydrogen (secondary N) is 1. The number of benzene rings is 1. The summed E-state index contributed by atoms with van der Waals surface area (Å²) in [5, 5.41) is 5.15. The molecule has 1 aliphatic carbocycles. The standard InChI is InChI=1S/C16H19N3OS/c1-11-3-8-14-15(9-11)21-16(18-14)19-17-10-12-4-6-13(20-2)7-5-12/h4-7,10-11H,3,8-9H2,1-2H3,(H,18,19)/b17-10-. The smallest absolute Gasteiger partial charge is 0.203 e. The molecule has 1 heterocycles. The predicted octanol–water partition coefficient (Wildman–Crippen LogP) is 3.72. The van der Waals surface area contributed by atoms with E-state index < -0.39 is 0 Å². The summed E-state index contributed by atoms with van der Waals surface area (Å²) in [6.45, 7) is 2.30. The van der Waals surface area contributed by atoms with Gasteiger partial charge in [0.15, 0.2) is 0 Å². The van der Waals surface area contributed by atoms with Crippen LogP contribution in [0.2, 0.25) is 0 Å². The lowest BCUT2D eigenvalue weighted by Crippen LogP contribution is -2.09. The van der Waals surface area contributed by atoms with Crippen molar-refractivity contribution in [2.75, 3.05) is 12.5 Å². The van der Waals surface area contributed by atoms with Crippen LogP contribution in [0.1, 0.15) is 29.5 Å². The van der Waals surface area contributed by atoms with Crippen molar-refractivity contribution in [1.82, 2.24) is 4.98 Å². The summed E-state index contributed by atoms with van der Waals surface area (Å²) in [5.41, 5.74) is 5.32. The number of anilines is 1. The SMILES string of the molecule is COc1ccc(/C=N\Nc2nc3c(s2)CC(C)CC3)cc1. The van der Waals surface area contributed by atoms with Gasteiger partial charge in [0.05, 0.1) is 19.0 Å². The summed E-state index contributed by atoms with van der Waals surface area (Å²) in [6.07, 6.45) is 5.28. The first-order chi connectivity index (χ1) is 10.2. The third-order valence-electron chi connectivity index (χ3n) is 3.68. The van der Waals surface area contributed by atoms with Crippen molar-refractivity contribution >= 4 is 22.7 Å². The minimum Gasteiger partial charge on any atom is -0.497 e. The highest BCUT2D eigenvalue weighted by molar-refractivity contribution is 7.15. The summed E-state index contributed by atoms with van der Waals surface area (Å²) >= 11 is 1.72. The molecule has 0 bridgehead atoms. The van der Waals surface area contributed by atoms with Crippen LogP contribution in [0.25, 0.3) is 0 Å². The molecule has 4 nitrogen and oxygen atoms in total. The molecule has 3 rings (SSSR count). The highest BCUT2D eigenvalue weighted by atomic mass is 32.1. The van der Waals surface area contributed by atoms with E-state index in [0.29, 0.717) is 0 Å². The van der Waals surface area contributed by atoms with E-state index in [4.69, 9.17) is 4.74 Å². The van der Waals surface area contributed by atoms with Gasteiger partial charge in [-0.05, 0) is 55.0 Å². The lowest BCUT2D eigenvalue weighted by atomic mass is 9.93. The molecule has 1 atom stereocenters. The zero-order chi connectivity index (χ0) is 14.7. The fourth-order valence-electron chi connectivity index (χ4n) is 2.44. The van der Waals surface area contributed by atoms with Gasteiger partial charge in [-0.25, -0.2) is 4.98 Å². The van der Waals surface area contributed by atoms with Gasteiger partial charge in [0.1, 0.15) is 5.75 Å². The number of aromatic nitrogens is 1. The number of ether oxygens (including phenoxy) is 1. The number of nitrogens with zero attached hydrogens (tertiary/aromatic N) is 2. The van der Waals surface area contributed by atoms with Gasteiger partial charge in [-0.2, -0.15) is 5.10 Å². The fourth-order valence-corrected chi connectivity index (χ4v) is 3.56. The fraction of sp³-hybridized carbons (Fsp3) is 0.375. The topological polar surface area (TPSA) is 46.5 Å². The second kappa shape index (κ2) is 6.26. The molecular weight excluding hydrogens is 282 g/mol. The lowest BCUT2D eigenvalue weighted by molar-refractivity contribution is 0.415. The Kier molecular flexibility index (Phi) is 4.20. The first kappa shape index (κ1) is 14.1.